The molecule has 2 aromatic rings. The van der Waals surface area contributed by atoms with Crippen molar-refractivity contribution in [2.75, 3.05) is 4.72 Å². The fourth-order valence-electron chi connectivity index (χ4n) is 1.46. The Morgan fingerprint density at radius 1 is 1.29 bits per heavy atom. The highest BCUT2D eigenvalue weighted by Gasteiger charge is 2.19. The van der Waals surface area contributed by atoms with Crippen LogP contribution in [0.1, 0.15) is 0 Å². The van der Waals surface area contributed by atoms with E-state index >= 15 is 0 Å². The van der Waals surface area contributed by atoms with Gasteiger partial charge in [0.1, 0.15) is 16.5 Å². The highest BCUT2D eigenvalue weighted by Crippen LogP contribution is 2.29. The molecule has 1 aromatic heterocycles. The van der Waals surface area contributed by atoms with Crippen LogP contribution in [0.25, 0.3) is 0 Å². The van der Waals surface area contributed by atoms with Crippen molar-refractivity contribution < 1.29 is 22.8 Å². The van der Waals surface area contributed by atoms with Crippen LogP contribution in [0.3, 0.4) is 0 Å². The number of nitrogens with zero attached hydrogens (tertiary/aromatic N) is 2. The van der Waals surface area contributed by atoms with E-state index in [0.717, 1.165) is 36.7 Å². The van der Waals surface area contributed by atoms with Crippen LogP contribution in [0.2, 0.25) is 0 Å². The molecule has 10 heteroatoms. The summed E-state index contributed by atoms with van der Waals surface area (Å²) < 4.78 is 38.9. The fourth-order valence-corrected chi connectivity index (χ4v) is 2.50. The molecule has 0 aliphatic carbocycles. The number of aromatic hydroxyl groups is 1. The van der Waals surface area contributed by atoms with Crippen LogP contribution in [0.4, 0.5) is 15.8 Å². The van der Waals surface area contributed by atoms with E-state index in [1.165, 1.54) is 0 Å². The molecule has 0 aliphatic rings. The lowest BCUT2D eigenvalue weighted by Crippen LogP contribution is -2.13. The minimum atomic E-state index is -4.24. The van der Waals surface area contributed by atoms with Gasteiger partial charge in [0.15, 0.2) is 0 Å². The molecule has 0 saturated carbocycles. The third-order valence-corrected chi connectivity index (χ3v) is 3.76. The lowest BCUT2D eigenvalue weighted by molar-refractivity contribution is -0.384. The maximum absolute atomic E-state index is 13.0. The van der Waals surface area contributed by atoms with Gasteiger partial charge in [0.25, 0.3) is 15.7 Å². The number of nitro benzene ring substituents is 1. The molecular formula is C11H8FN3O5S. The number of benzene rings is 1. The number of halogens is 1. The van der Waals surface area contributed by atoms with E-state index < -0.39 is 42.8 Å². The Kier molecular flexibility index (Phi) is 3.72. The molecule has 0 amide bonds. The SMILES string of the molecule is O=[N+]([O-])c1ccc(O)c(NS(=O)(=O)c2cncc(F)c2)c1. The fraction of sp³-hybridized carbons (Fsp3) is 0. The van der Waals surface area contributed by atoms with Crippen molar-refractivity contribution >= 4 is 21.4 Å². The van der Waals surface area contributed by atoms with Crippen molar-refractivity contribution in [1.82, 2.24) is 4.98 Å². The number of rotatable bonds is 4. The summed E-state index contributed by atoms with van der Waals surface area (Å²) in [6, 6.07) is 3.56. The largest absolute Gasteiger partial charge is 0.506 e. The maximum Gasteiger partial charge on any atom is 0.271 e. The molecule has 0 radical (unpaired) electrons. The number of aromatic nitrogens is 1. The van der Waals surface area contributed by atoms with Crippen molar-refractivity contribution in [2.24, 2.45) is 0 Å². The van der Waals surface area contributed by atoms with Crippen LogP contribution >= 0.6 is 0 Å². The van der Waals surface area contributed by atoms with Crippen LogP contribution in [-0.4, -0.2) is 23.4 Å². The Morgan fingerprint density at radius 2 is 2.00 bits per heavy atom. The maximum atomic E-state index is 13.0. The molecule has 0 atom stereocenters. The number of sulfonamides is 1. The number of hydrogen-bond acceptors (Lipinski definition) is 6. The second kappa shape index (κ2) is 5.32. The number of nitro groups is 1. The first-order valence-corrected chi connectivity index (χ1v) is 6.89. The summed E-state index contributed by atoms with van der Waals surface area (Å²) in [4.78, 5) is 12.8. The highest BCUT2D eigenvalue weighted by atomic mass is 32.2. The Morgan fingerprint density at radius 3 is 2.62 bits per heavy atom. The molecule has 1 heterocycles. The van der Waals surface area contributed by atoms with Gasteiger partial charge in [0.05, 0.1) is 16.8 Å². The van der Waals surface area contributed by atoms with Crippen molar-refractivity contribution in [2.45, 2.75) is 4.90 Å². The molecule has 0 saturated heterocycles. The van der Waals surface area contributed by atoms with Gasteiger partial charge in [-0.05, 0) is 12.1 Å². The van der Waals surface area contributed by atoms with Crippen molar-refractivity contribution in [3.8, 4) is 5.75 Å². The van der Waals surface area contributed by atoms with Gasteiger partial charge in [0, 0.05) is 18.3 Å². The lowest BCUT2D eigenvalue weighted by atomic mass is 10.2. The molecule has 0 bridgehead atoms. The molecule has 0 aliphatic heterocycles. The van der Waals surface area contributed by atoms with Gasteiger partial charge >= 0.3 is 0 Å². The summed E-state index contributed by atoms with van der Waals surface area (Å²) in [5, 5.41) is 20.2. The number of pyridine rings is 1. The first-order chi connectivity index (χ1) is 9.79. The molecule has 2 rings (SSSR count). The summed E-state index contributed by atoms with van der Waals surface area (Å²) in [6.07, 6.45) is 1.73. The topological polar surface area (TPSA) is 122 Å². The Balaban J connectivity index is 2.41. The van der Waals surface area contributed by atoms with Gasteiger partial charge in [-0.25, -0.2) is 12.8 Å². The molecule has 0 fully saturated rings. The number of anilines is 1. The standard InChI is InChI=1S/C11H8FN3O5S/c12-7-3-9(6-13-5-7)21(19,20)14-10-4-8(15(17)18)1-2-11(10)16/h1-6,14,16H. The number of nitrogens with one attached hydrogen (secondary N) is 1. The zero-order valence-electron chi connectivity index (χ0n) is 10.2. The minimum Gasteiger partial charge on any atom is -0.506 e. The molecular weight excluding hydrogens is 305 g/mol. The summed E-state index contributed by atoms with van der Waals surface area (Å²) in [6.45, 7) is 0. The lowest BCUT2D eigenvalue weighted by Gasteiger charge is -2.09. The predicted octanol–water partition coefficient (Wildman–Crippen LogP) is 1.64. The first kappa shape index (κ1) is 14.7. The first-order valence-electron chi connectivity index (χ1n) is 5.40. The van der Waals surface area contributed by atoms with E-state index in [4.69, 9.17) is 0 Å². The van der Waals surface area contributed by atoms with Gasteiger partial charge in [-0.3, -0.25) is 19.8 Å². The minimum absolute atomic E-state index is 0.395. The third kappa shape index (κ3) is 3.23. The number of hydrogen-bond donors (Lipinski definition) is 2. The molecule has 2 N–H and O–H groups in total. The summed E-state index contributed by atoms with van der Waals surface area (Å²) in [7, 11) is -4.24. The van der Waals surface area contributed by atoms with Crippen molar-refractivity contribution in [1.29, 1.82) is 0 Å². The van der Waals surface area contributed by atoms with Gasteiger partial charge in [-0.15, -0.1) is 0 Å². The Hall–Kier alpha value is -2.75. The van der Waals surface area contributed by atoms with Gasteiger partial charge < -0.3 is 5.11 Å². The van der Waals surface area contributed by atoms with E-state index in [2.05, 4.69) is 4.98 Å². The molecule has 1 aromatic carbocycles. The summed E-state index contributed by atoms with van der Waals surface area (Å²) in [5.41, 5.74) is -0.809. The second-order valence-corrected chi connectivity index (χ2v) is 5.59. The van der Waals surface area contributed by atoms with Crippen LogP contribution in [-0.2, 0) is 10.0 Å². The molecule has 21 heavy (non-hydrogen) atoms. The van der Waals surface area contributed by atoms with E-state index in [0.29, 0.717) is 0 Å². The average Bonchev–Trinajstić information content (AvgIpc) is 2.41. The number of non-ortho nitro benzene ring substituents is 1. The van der Waals surface area contributed by atoms with Crippen LogP contribution in [0, 0.1) is 15.9 Å². The van der Waals surface area contributed by atoms with Crippen molar-refractivity contribution in [3.63, 3.8) is 0 Å². The van der Waals surface area contributed by atoms with Gasteiger partial charge in [-0.1, -0.05) is 0 Å². The summed E-state index contributed by atoms with van der Waals surface area (Å²) in [5.74, 6) is -1.37. The quantitative estimate of drug-likeness (QED) is 0.502. The number of phenolic OH excluding ortho intramolecular Hbond substituents is 1. The smallest absolute Gasteiger partial charge is 0.271 e. The van der Waals surface area contributed by atoms with E-state index in [9.17, 15) is 28.0 Å². The number of phenols is 1. The zero-order chi connectivity index (χ0) is 15.6. The summed E-state index contributed by atoms with van der Waals surface area (Å²) >= 11 is 0. The van der Waals surface area contributed by atoms with E-state index in [1.807, 2.05) is 4.72 Å². The average molecular weight is 313 g/mol. The zero-order valence-corrected chi connectivity index (χ0v) is 11.0. The second-order valence-electron chi connectivity index (χ2n) is 3.90. The van der Waals surface area contributed by atoms with Crippen LogP contribution in [0.5, 0.6) is 5.75 Å². The Labute approximate surface area is 118 Å². The molecule has 8 nitrogen and oxygen atoms in total. The van der Waals surface area contributed by atoms with Gasteiger partial charge in [0.2, 0.25) is 0 Å². The van der Waals surface area contributed by atoms with Crippen molar-refractivity contribution in [3.05, 3.63) is 52.6 Å². The van der Waals surface area contributed by atoms with E-state index in [1.54, 1.807) is 0 Å². The normalized spacial score (nSPS) is 11.1. The van der Waals surface area contributed by atoms with Crippen LogP contribution < -0.4 is 4.72 Å². The van der Waals surface area contributed by atoms with E-state index in [-0.39, 0.29) is 0 Å². The highest BCUT2D eigenvalue weighted by molar-refractivity contribution is 7.92. The predicted molar refractivity (Wildman–Crippen MR) is 69.8 cm³/mol. The van der Waals surface area contributed by atoms with Crippen LogP contribution in [0.15, 0.2) is 41.6 Å². The molecule has 0 spiro atoms. The monoisotopic (exact) mass is 313 g/mol. The third-order valence-electron chi connectivity index (χ3n) is 2.43. The Bertz CT molecular complexity index is 809. The molecule has 110 valence electrons. The molecule has 0 unspecified atom stereocenters. The van der Waals surface area contributed by atoms with Gasteiger partial charge in [-0.2, -0.15) is 0 Å².